The van der Waals surface area contributed by atoms with Crippen molar-refractivity contribution in [1.82, 2.24) is 0 Å². The van der Waals surface area contributed by atoms with E-state index in [-0.39, 0.29) is 45.4 Å². The predicted octanol–water partition coefficient (Wildman–Crippen LogP) is -0.551. The van der Waals surface area contributed by atoms with Crippen molar-refractivity contribution in [2.24, 2.45) is 0 Å². The lowest BCUT2D eigenvalue weighted by Crippen LogP contribution is -2.36. The topological polar surface area (TPSA) is 33.0 Å². The lowest BCUT2D eigenvalue weighted by molar-refractivity contribution is -0.212. The second kappa shape index (κ2) is 6.86. The largest absolute Gasteiger partial charge is 0.458 e. The lowest BCUT2D eigenvalue weighted by Gasteiger charge is -2.24. The molecule has 1 atom stereocenters. The molecule has 29 heavy (non-hydrogen) atoms. The fraction of sp³-hybridized carbons (Fsp3) is 0.278. The van der Waals surface area contributed by atoms with Gasteiger partial charge >= 0.3 is 11.8 Å². The van der Waals surface area contributed by atoms with Crippen LogP contribution < -0.4 is 21.1 Å². The summed E-state index contributed by atoms with van der Waals surface area (Å²) in [6, 6.07) is 4.07. The van der Waals surface area contributed by atoms with E-state index in [1.54, 1.807) is 7.85 Å². The summed E-state index contributed by atoms with van der Waals surface area (Å²) < 4.78 is 77.8. The summed E-state index contributed by atoms with van der Waals surface area (Å²) in [5.74, 6) is -10.6. The standard InChI is InChI=1S/C18H16B4F5NO/c1-6-10(29-16-13(21)7(5-28)12(20)15(23)14(16)22)3-2-8-11(6)9(4-19)18(26,27)17(8,24)25/h2-3,9H,4,19-22H2,1H3. The number of nitriles is 1. The average Bonchev–Trinajstić information content (AvgIpc) is 2.81. The number of ether oxygens (including phenoxy) is 1. The van der Waals surface area contributed by atoms with Crippen molar-refractivity contribution in [3.05, 3.63) is 40.2 Å². The molecular formula is C18H16B4F5NO. The number of rotatable bonds is 3. The van der Waals surface area contributed by atoms with Crippen molar-refractivity contribution in [3.8, 4) is 17.6 Å². The van der Waals surface area contributed by atoms with Gasteiger partial charge in [0, 0.05) is 17.0 Å². The highest BCUT2D eigenvalue weighted by Gasteiger charge is 2.68. The second-order valence-corrected chi connectivity index (χ2v) is 7.42. The van der Waals surface area contributed by atoms with E-state index in [0.29, 0.717) is 5.46 Å². The molecule has 0 saturated heterocycles. The van der Waals surface area contributed by atoms with Crippen LogP contribution in [0, 0.1) is 24.1 Å². The molecule has 0 heterocycles. The van der Waals surface area contributed by atoms with E-state index in [0.717, 1.165) is 6.07 Å². The Kier molecular flexibility index (Phi) is 5.05. The molecule has 146 valence electrons. The van der Waals surface area contributed by atoms with E-state index in [9.17, 15) is 27.2 Å². The first-order chi connectivity index (χ1) is 13.4. The van der Waals surface area contributed by atoms with E-state index < -0.39 is 29.1 Å². The maximum Gasteiger partial charge on any atom is 0.336 e. The summed E-state index contributed by atoms with van der Waals surface area (Å²) >= 11 is 0. The van der Waals surface area contributed by atoms with Crippen molar-refractivity contribution < 1.29 is 26.7 Å². The summed E-state index contributed by atoms with van der Waals surface area (Å²) in [6.45, 7) is 1.44. The molecule has 0 N–H and O–H groups in total. The molecular weight excluding hydrogens is 384 g/mol. The Morgan fingerprint density at radius 1 is 1.10 bits per heavy atom. The van der Waals surface area contributed by atoms with Crippen LogP contribution in [0.2, 0.25) is 6.32 Å². The molecule has 2 aromatic carbocycles. The van der Waals surface area contributed by atoms with Gasteiger partial charge in [-0.25, -0.2) is 4.39 Å². The van der Waals surface area contributed by atoms with Gasteiger partial charge in [-0.1, -0.05) is 6.32 Å². The zero-order valence-electron chi connectivity index (χ0n) is 16.7. The number of fused-ring (bicyclic) bond motifs is 1. The normalized spacial score (nSPS) is 18.9. The first-order valence-corrected chi connectivity index (χ1v) is 9.18. The van der Waals surface area contributed by atoms with Crippen molar-refractivity contribution in [2.75, 3.05) is 0 Å². The van der Waals surface area contributed by atoms with Gasteiger partial charge in [0.05, 0.1) is 6.07 Å². The molecule has 0 fully saturated rings. The highest BCUT2D eigenvalue weighted by atomic mass is 19.3. The Balaban J connectivity index is 2.19. The van der Waals surface area contributed by atoms with E-state index in [4.69, 9.17) is 4.74 Å². The second-order valence-electron chi connectivity index (χ2n) is 7.42. The van der Waals surface area contributed by atoms with Crippen molar-refractivity contribution >= 4 is 47.8 Å². The van der Waals surface area contributed by atoms with Crippen LogP contribution in [0.4, 0.5) is 22.0 Å². The van der Waals surface area contributed by atoms with Crippen LogP contribution in [-0.2, 0) is 5.92 Å². The molecule has 0 saturated carbocycles. The van der Waals surface area contributed by atoms with Crippen LogP contribution in [0.3, 0.4) is 0 Å². The molecule has 3 rings (SSSR count). The lowest BCUT2D eigenvalue weighted by atomic mass is 9.74. The van der Waals surface area contributed by atoms with Gasteiger partial charge in [0.2, 0.25) is 0 Å². The molecule has 0 radical (unpaired) electrons. The van der Waals surface area contributed by atoms with Crippen molar-refractivity contribution in [2.45, 2.75) is 31.0 Å². The maximum atomic E-state index is 14.5. The van der Waals surface area contributed by atoms with Gasteiger partial charge in [0.15, 0.2) is 0 Å². The monoisotopic (exact) mass is 401 g/mol. The van der Waals surface area contributed by atoms with E-state index >= 15 is 0 Å². The third kappa shape index (κ3) is 2.79. The number of alkyl halides is 4. The SMILES string of the molecule is BCC1c2c(ccc(Oc3c(B)c(F)c(B)c(C#N)c3B)c2C)C(F)(F)C1(F)F. The van der Waals surface area contributed by atoms with Gasteiger partial charge in [-0.05, 0) is 46.6 Å². The summed E-state index contributed by atoms with van der Waals surface area (Å²) in [7, 11) is 5.98. The fourth-order valence-corrected chi connectivity index (χ4v) is 4.18. The molecule has 2 aromatic rings. The van der Waals surface area contributed by atoms with Crippen molar-refractivity contribution in [1.29, 1.82) is 5.26 Å². The van der Waals surface area contributed by atoms with Crippen LogP contribution in [0.15, 0.2) is 12.1 Å². The first kappa shape index (κ1) is 21.4. The zero-order valence-corrected chi connectivity index (χ0v) is 16.7. The molecule has 0 aliphatic heterocycles. The predicted molar refractivity (Wildman–Crippen MR) is 112 cm³/mol. The van der Waals surface area contributed by atoms with Crippen LogP contribution in [-0.4, -0.2) is 37.3 Å². The van der Waals surface area contributed by atoms with E-state index in [1.165, 1.54) is 36.5 Å². The van der Waals surface area contributed by atoms with E-state index in [1.807, 2.05) is 6.07 Å². The molecule has 1 aliphatic carbocycles. The number of halogens is 5. The molecule has 1 aliphatic rings. The number of hydrogen-bond donors (Lipinski definition) is 0. The summed E-state index contributed by atoms with van der Waals surface area (Å²) in [5.41, 5.74) is 0.165. The average molecular weight is 401 g/mol. The quantitative estimate of drug-likeness (QED) is 0.512. The summed E-state index contributed by atoms with van der Waals surface area (Å²) in [4.78, 5) is 0. The van der Waals surface area contributed by atoms with Gasteiger partial charge in [-0.15, -0.1) is 0 Å². The smallest absolute Gasteiger partial charge is 0.336 e. The first-order valence-electron chi connectivity index (χ1n) is 9.18. The van der Waals surface area contributed by atoms with Crippen LogP contribution in [0.5, 0.6) is 11.5 Å². The Labute approximate surface area is 169 Å². The molecule has 1 unspecified atom stereocenters. The molecule has 0 bridgehead atoms. The molecule has 0 amide bonds. The van der Waals surface area contributed by atoms with Crippen LogP contribution in [0.25, 0.3) is 0 Å². The highest BCUT2D eigenvalue weighted by molar-refractivity contribution is 6.47. The van der Waals surface area contributed by atoms with Crippen LogP contribution >= 0.6 is 0 Å². The Morgan fingerprint density at radius 3 is 2.28 bits per heavy atom. The number of hydrogen-bond acceptors (Lipinski definition) is 2. The van der Waals surface area contributed by atoms with Gasteiger partial charge in [-0.2, -0.15) is 22.8 Å². The Bertz CT molecular complexity index is 1070. The van der Waals surface area contributed by atoms with Crippen LogP contribution in [0.1, 0.15) is 28.2 Å². The highest BCUT2D eigenvalue weighted by Crippen LogP contribution is 2.61. The Hall–Kier alpha value is -2.36. The Morgan fingerprint density at radius 2 is 1.72 bits per heavy atom. The molecule has 2 nitrogen and oxygen atoms in total. The molecule has 11 heteroatoms. The third-order valence-electron chi connectivity index (χ3n) is 5.83. The summed E-state index contributed by atoms with van der Waals surface area (Å²) in [6.07, 6.45) is -0.171. The van der Waals surface area contributed by atoms with Gasteiger partial charge in [0.1, 0.15) is 48.7 Å². The zero-order chi connectivity index (χ0) is 21.9. The van der Waals surface area contributed by atoms with Crippen molar-refractivity contribution in [3.63, 3.8) is 0 Å². The van der Waals surface area contributed by atoms with Gasteiger partial charge in [0.25, 0.3) is 0 Å². The number of benzene rings is 2. The maximum absolute atomic E-state index is 14.5. The van der Waals surface area contributed by atoms with Gasteiger partial charge in [-0.3, -0.25) is 0 Å². The number of nitrogens with zero attached hydrogens (tertiary/aromatic N) is 1. The molecule has 0 spiro atoms. The van der Waals surface area contributed by atoms with E-state index in [2.05, 4.69) is 0 Å². The minimum Gasteiger partial charge on any atom is -0.458 e. The fourth-order valence-electron chi connectivity index (χ4n) is 4.18. The molecule has 0 aromatic heterocycles. The minimum absolute atomic E-state index is 0.0778. The minimum atomic E-state index is -4.28. The summed E-state index contributed by atoms with van der Waals surface area (Å²) in [5, 5.41) is 9.33. The third-order valence-corrected chi connectivity index (χ3v) is 5.83. The van der Waals surface area contributed by atoms with Gasteiger partial charge < -0.3 is 4.74 Å².